The SMILES string of the molecule is CCC(N)Cc1ccc(OCc2cc(C)no2)cc1. The lowest BCUT2D eigenvalue weighted by Crippen LogP contribution is -2.21. The topological polar surface area (TPSA) is 61.3 Å². The first-order chi connectivity index (χ1) is 9.17. The Bertz CT molecular complexity index is 505. The Morgan fingerprint density at radius 3 is 2.63 bits per heavy atom. The smallest absolute Gasteiger partial charge is 0.174 e. The van der Waals surface area contributed by atoms with E-state index in [9.17, 15) is 0 Å². The normalized spacial score (nSPS) is 12.4. The van der Waals surface area contributed by atoms with Gasteiger partial charge in [0.2, 0.25) is 0 Å². The second kappa shape index (κ2) is 6.38. The fraction of sp³-hybridized carbons (Fsp3) is 0.400. The largest absolute Gasteiger partial charge is 0.486 e. The lowest BCUT2D eigenvalue weighted by molar-refractivity contribution is 0.248. The average Bonchev–Trinajstić information content (AvgIpc) is 2.83. The molecule has 0 aliphatic heterocycles. The highest BCUT2D eigenvalue weighted by Gasteiger charge is 2.04. The first-order valence-corrected chi connectivity index (χ1v) is 6.57. The van der Waals surface area contributed by atoms with Gasteiger partial charge in [0.05, 0.1) is 5.69 Å². The van der Waals surface area contributed by atoms with Crippen molar-refractivity contribution in [2.45, 2.75) is 39.3 Å². The van der Waals surface area contributed by atoms with Crippen molar-refractivity contribution < 1.29 is 9.26 Å². The molecular weight excluding hydrogens is 240 g/mol. The van der Waals surface area contributed by atoms with E-state index in [4.69, 9.17) is 15.0 Å². The second-order valence-electron chi connectivity index (χ2n) is 4.74. The molecule has 1 aromatic heterocycles. The Labute approximate surface area is 113 Å². The lowest BCUT2D eigenvalue weighted by Gasteiger charge is -2.09. The molecule has 4 heteroatoms. The van der Waals surface area contributed by atoms with Crippen LogP contribution >= 0.6 is 0 Å². The summed E-state index contributed by atoms with van der Waals surface area (Å²) < 4.78 is 10.7. The molecule has 1 heterocycles. The van der Waals surface area contributed by atoms with Crippen LogP contribution in [0.15, 0.2) is 34.9 Å². The summed E-state index contributed by atoms with van der Waals surface area (Å²) >= 11 is 0. The summed E-state index contributed by atoms with van der Waals surface area (Å²) in [4.78, 5) is 0. The van der Waals surface area contributed by atoms with Crippen LogP contribution in [0.1, 0.15) is 30.4 Å². The van der Waals surface area contributed by atoms with Gasteiger partial charge < -0.3 is 15.0 Å². The summed E-state index contributed by atoms with van der Waals surface area (Å²) in [6.07, 6.45) is 1.89. The van der Waals surface area contributed by atoms with Crippen LogP contribution in [0.5, 0.6) is 5.75 Å². The predicted octanol–water partition coefficient (Wildman–Crippen LogP) is 2.84. The number of aromatic nitrogens is 1. The fourth-order valence-corrected chi connectivity index (χ4v) is 1.81. The highest BCUT2D eigenvalue weighted by Crippen LogP contribution is 2.15. The van der Waals surface area contributed by atoms with Crippen molar-refractivity contribution >= 4 is 0 Å². The molecule has 0 amide bonds. The van der Waals surface area contributed by atoms with E-state index in [1.807, 2.05) is 25.1 Å². The first-order valence-electron chi connectivity index (χ1n) is 6.57. The molecule has 0 radical (unpaired) electrons. The molecule has 0 bridgehead atoms. The Morgan fingerprint density at radius 2 is 2.05 bits per heavy atom. The molecule has 4 nitrogen and oxygen atoms in total. The Morgan fingerprint density at radius 1 is 1.32 bits per heavy atom. The van der Waals surface area contributed by atoms with E-state index in [2.05, 4.69) is 24.2 Å². The van der Waals surface area contributed by atoms with Crippen molar-refractivity contribution in [3.05, 3.63) is 47.3 Å². The molecule has 1 aromatic carbocycles. The number of benzene rings is 1. The van der Waals surface area contributed by atoms with Crippen LogP contribution in [0, 0.1) is 6.92 Å². The van der Waals surface area contributed by atoms with Crippen LogP contribution in [0.4, 0.5) is 0 Å². The molecular formula is C15H20N2O2. The molecule has 0 fully saturated rings. The molecule has 2 N–H and O–H groups in total. The van der Waals surface area contributed by atoms with E-state index in [0.717, 1.165) is 30.0 Å². The van der Waals surface area contributed by atoms with Crippen molar-refractivity contribution in [1.82, 2.24) is 5.16 Å². The van der Waals surface area contributed by atoms with E-state index < -0.39 is 0 Å². The van der Waals surface area contributed by atoms with Gasteiger partial charge in [0, 0.05) is 12.1 Å². The van der Waals surface area contributed by atoms with Crippen molar-refractivity contribution in [1.29, 1.82) is 0 Å². The molecule has 0 aliphatic carbocycles. The summed E-state index contributed by atoms with van der Waals surface area (Å²) in [7, 11) is 0. The van der Waals surface area contributed by atoms with Crippen LogP contribution in [0.25, 0.3) is 0 Å². The van der Waals surface area contributed by atoms with Crippen molar-refractivity contribution in [2.75, 3.05) is 0 Å². The first kappa shape index (κ1) is 13.6. The number of hydrogen-bond acceptors (Lipinski definition) is 4. The quantitative estimate of drug-likeness (QED) is 0.867. The highest BCUT2D eigenvalue weighted by molar-refractivity contribution is 5.27. The van der Waals surface area contributed by atoms with Gasteiger partial charge in [0.25, 0.3) is 0 Å². The average molecular weight is 260 g/mol. The monoisotopic (exact) mass is 260 g/mol. The Balaban J connectivity index is 1.88. The maximum absolute atomic E-state index is 5.93. The number of rotatable bonds is 6. The molecule has 1 unspecified atom stereocenters. The van der Waals surface area contributed by atoms with Crippen LogP contribution in [0.3, 0.4) is 0 Å². The van der Waals surface area contributed by atoms with E-state index in [1.54, 1.807) is 0 Å². The van der Waals surface area contributed by atoms with Crippen molar-refractivity contribution in [3.8, 4) is 5.75 Å². The van der Waals surface area contributed by atoms with Gasteiger partial charge in [-0.3, -0.25) is 0 Å². The zero-order valence-electron chi connectivity index (χ0n) is 11.4. The Kier molecular flexibility index (Phi) is 4.58. The number of ether oxygens (including phenoxy) is 1. The molecule has 2 aromatic rings. The van der Waals surface area contributed by atoms with Gasteiger partial charge in [-0.2, -0.15) is 0 Å². The van der Waals surface area contributed by atoms with Crippen LogP contribution in [-0.2, 0) is 13.0 Å². The number of nitrogens with zero attached hydrogens (tertiary/aromatic N) is 1. The molecule has 1 atom stereocenters. The maximum atomic E-state index is 5.93. The van der Waals surface area contributed by atoms with Crippen molar-refractivity contribution in [2.24, 2.45) is 5.73 Å². The predicted molar refractivity (Wildman–Crippen MR) is 74.0 cm³/mol. The van der Waals surface area contributed by atoms with E-state index in [1.165, 1.54) is 5.56 Å². The van der Waals surface area contributed by atoms with E-state index in [-0.39, 0.29) is 6.04 Å². The fourth-order valence-electron chi connectivity index (χ4n) is 1.81. The van der Waals surface area contributed by atoms with Gasteiger partial charge >= 0.3 is 0 Å². The van der Waals surface area contributed by atoms with Gasteiger partial charge in [0.15, 0.2) is 5.76 Å². The Hall–Kier alpha value is -1.81. The van der Waals surface area contributed by atoms with Gasteiger partial charge in [0.1, 0.15) is 12.4 Å². The third-order valence-corrected chi connectivity index (χ3v) is 3.00. The summed E-state index contributed by atoms with van der Waals surface area (Å²) in [5.74, 6) is 1.55. The minimum Gasteiger partial charge on any atom is -0.486 e. The molecule has 0 spiro atoms. The molecule has 0 saturated heterocycles. The number of hydrogen-bond donors (Lipinski definition) is 1. The highest BCUT2D eigenvalue weighted by atomic mass is 16.5. The summed E-state index contributed by atoms with van der Waals surface area (Å²) in [6, 6.07) is 10.1. The molecule has 0 aliphatic rings. The van der Waals surface area contributed by atoms with Crippen molar-refractivity contribution in [3.63, 3.8) is 0 Å². The minimum absolute atomic E-state index is 0.226. The summed E-state index contributed by atoms with van der Waals surface area (Å²) in [6.45, 7) is 4.38. The number of nitrogens with two attached hydrogens (primary N) is 1. The van der Waals surface area contributed by atoms with Gasteiger partial charge in [-0.05, 0) is 37.5 Å². The third-order valence-electron chi connectivity index (χ3n) is 3.00. The van der Waals surface area contributed by atoms with E-state index in [0.29, 0.717) is 6.61 Å². The molecule has 19 heavy (non-hydrogen) atoms. The molecule has 102 valence electrons. The maximum Gasteiger partial charge on any atom is 0.174 e. The second-order valence-corrected chi connectivity index (χ2v) is 4.74. The standard InChI is InChI=1S/C15H20N2O2/c1-3-13(16)9-12-4-6-14(7-5-12)18-10-15-8-11(2)17-19-15/h4-8,13H,3,9-10,16H2,1-2H3. The third kappa shape index (κ3) is 4.10. The molecule has 2 rings (SSSR count). The van der Waals surface area contributed by atoms with Crippen LogP contribution in [0.2, 0.25) is 0 Å². The summed E-state index contributed by atoms with van der Waals surface area (Å²) in [5.41, 5.74) is 8.03. The lowest BCUT2D eigenvalue weighted by atomic mass is 10.0. The number of aryl methyl sites for hydroxylation is 1. The van der Waals surface area contributed by atoms with E-state index >= 15 is 0 Å². The van der Waals surface area contributed by atoms with Crippen LogP contribution in [-0.4, -0.2) is 11.2 Å². The summed E-state index contributed by atoms with van der Waals surface area (Å²) in [5, 5.41) is 3.82. The van der Waals surface area contributed by atoms with Crippen LogP contribution < -0.4 is 10.5 Å². The van der Waals surface area contributed by atoms with Gasteiger partial charge in [-0.1, -0.05) is 24.2 Å². The molecule has 0 saturated carbocycles. The zero-order chi connectivity index (χ0) is 13.7. The zero-order valence-corrected chi connectivity index (χ0v) is 11.4. The van der Waals surface area contributed by atoms with Gasteiger partial charge in [-0.15, -0.1) is 0 Å². The van der Waals surface area contributed by atoms with Gasteiger partial charge in [-0.25, -0.2) is 0 Å². The minimum atomic E-state index is 0.226.